The van der Waals surface area contributed by atoms with E-state index in [1.54, 1.807) is 6.26 Å². The molecule has 0 bridgehead atoms. The van der Waals surface area contributed by atoms with E-state index >= 15 is 0 Å². The van der Waals surface area contributed by atoms with E-state index in [0.717, 1.165) is 43.2 Å². The van der Waals surface area contributed by atoms with E-state index in [1.807, 2.05) is 6.07 Å². The van der Waals surface area contributed by atoms with Gasteiger partial charge in [0.15, 0.2) is 0 Å². The number of H-pyrrole nitrogens is 1. The van der Waals surface area contributed by atoms with Gasteiger partial charge in [0.2, 0.25) is 0 Å². The molecule has 0 radical (unpaired) electrons. The summed E-state index contributed by atoms with van der Waals surface area (Å²) in [6, 6.07) is 2.04. The molecule has 4 nitrogen and oxygen atoms in total. The molecule has 18 heavy (non-hydrogen) atoms. The van der Waals surface area contributed by atoms with Crippen molar-refractivity contribution in [2.45, 2.75) is 31.6 Å². The summed E-state index contributed by atoms with van der Waals surface area (Å²) in [5.74, 6) is 2.78. The van der Waals surface area contributed by atoms with Gasteiger partial charge < -0.3 is 14.7 Å². The third-order valence-corrected chi connectivity index (χ3v) is 4.08. The third-order valence-electron chi connectivity index (χ3n) is 4.08. The van der Waals surface area contributed by atoms with Gasteiger partial charge in [-0.2, -0.15) is 0 Å². The van der Waals surface area contributed by atoms with Crippen molar-refractivity contribution in [3.05, 3.63) is 29.6 Å². The molecule has 2 aliphatic rings. The molecule has 1 aliphatic carbocycles. The summed E-state index contributed by atoms with van der Waals surface area (Å²) in [5, 5.41) is 3.45. The Balaban J connectivity index is 1.73. The summed E-state index contributed by atoms with van der Waals surface area (Å²) < 4.78 is 5.50. The van der Waals surface area contributed by atoms with Gasteiger partial charge in [-0.15, -0.1) is 0 Å². The molecule has 2 aromatic rings. The fourth-order valence-corrected chi connectivity index (χ4v) is 3.10. The second kappa shape index (κ2) is 3.99. The van der Waals surface area contributed by atoms with Crippen LogP contribution in [0.4, 0.5) is 0 Å². The maximum atomic E-state index is 5.50. The van der Waals surface area contributed by atoms with Gasteiger partial charge in [-0.1, -0.05) is 0 Å². The molecule has 1 fully saturated rings. The molecule has 1 aliphatic heterocycles. The Morgan fingerprint density at radius 2 is 2.33 bits per heavy atom. The van der Waals surface area contributed by atoms with Crippen LogP contribution in [0.2, 0.25) is 0 Å². The highest BCUT2D eigenvalue weighted by atomic mass is 16.3. The summed E-state index contributed by atoms with van der Waals surface area (Å²) >= 11 is 0. The summed E-state index contributed by atoms with van der Waals surface area (Å²) in [4.78, 5) is 8.37. The number of aromatic nitrogens is 2. The number of hydrogen-bond acceptors (Lipinski definition) is 3. The topological polar surface area (TPSA) is 53.9 Å². The zero-order chi connectivity index (χ0) is 11.9. The van der Waals surface area contributed by atoms with E-state index in [9.17, 15) is 0 Å². The lowest BCUT2D eigenvalue weighted by Crippen LogP contribution is -2.28. The van der Waals surface area contributed by atoms with E-state index in [1.165, 1.54) is 24.1 Å². The number of aryl methyl sites for hydroxylation is 2. The normalized spacial score (nSPS) is 22.6. The minimum atomic E-state index is 0.541. The molecule has 0 saturated carbocycles. The number of nitrogens with zero attached hydrogens (tertiary/aromatic N) is 1. The molecular weight excluding hydrogens is 226 g/mol. The quantitative estimate of drug-likeness (QED) is 0.807. The molecule has 0 amide bonds. The largest absolute Gasteiger partial charge is 0.469 e. The van der Waals surface area contributed by atoms with Gasteiger partial charge in [0, 0.05) is 30.1 Å². The molecule has 94 valence electrons. The fraction of sp³-hybridized carbons (Fsp3) is 0.500. The van der Waals surface area contributed by atoms with Gasteiger partial charge in [0.05, 0.1) is 12.0 Å². The molecule has 4 rings (SSSR count). The van der Waals surface area contributed by atoms with Gasteiger partial charge in [0.25, 0.3) is 0 Å². The Hall–Kier alpha value is -1.55. The molecule has 0 aromatic carbocycles. The van der Waals surface area contributed by atoms with Crippen LogP contribution in [-0.4, -0.2) is 23.1 Å². The number of hydrogen-bond donors (Lipinski definition) is 2. The lowest BCUT2D eigenvalue weighted by molar-refractivity contribution is 0.448. The Morgan fingerprint density at radius 3 is 3.22 bits per heavy atom. The van der Waals surface area contributed by atoms with Crippen LogP contribution < -0.4 is 5.32 Å². The number of fused-ring (bicyclic) bond motifs is 3. The molecule has 0 spiro atoms. The van der Waals surface area contributed by atoms with Gasteiger partial charge in [-0.05, 0) is 31.9 Å². The van der Waals surface area contributed by atoms with E-state index in [-0.39, 0.29) is 0 Å². The molecule has 1 unspecified atom stereocenters. The smallest absolute Gasteiger partial charge is 0.113 e. The van der Waals surface area contributed by atoms with Crippen LogP contribution in [0.15, 0.2) is 16.7 Å². The average molecular weight is 243 g/mol. The van der Waals surface area contributed by atoms with Crippen molar-refractivity contribution in [1.82, 2.24) is 15.3 Å². The minimum Gasteiger partial charge on any atom is -0.469 e. The first-order valence-corrected chi connectivity index (χ1v) is 6.78. The Labute approximate surface area is 106 Å². The first-order valence-electron chi connectivity index (χ1n) is 6.78. The SMILES string of the molecule is c1cc2c(o1)CCc1[nH]c(C3CCCNC3)nc1-2. The summed E-state index contributed by atoms with van der Waals surface area (Å²) in [6.07, 6.45) is 6.25. The second-order valence-corrected chi connectivity index (χ2v) is 5.25. The van der Waals surface area contributed by atoms with Crippen molar-refractivity contribution in [3.8, 4) is 11.3 Å². The Kier molecular flexibility index (Phi) is 2.30. The highest BCUT2D eigenvalue weighted by molar-refractivity contribution is 5.66. The van der Waals surface area contributed by atoms with Crippen LogP contribution in [0.5, 0.6) is 0 Å². The van der Waals surface area contributed by atoms with Crippen molar-refractivity contribution in [2.75, 3.05) is 13.1 Å². The minimum absolute atomic E-state index is 0.541. The number of rotatable bonds is 1. The van der Waals surface area contributed by atoms with E-state index < -0.39 is 0 Å². The lowest BCUT2D eigenvalue weighted by Gasteiger charge is -2.20. The highest BCUT2D eigenvalue weighted by Crippen LogP contribution is 2.34. The van der Waals surface area contributed by atoms with Crippen molar-refractivity contribution >= 4 is 0 Å². The van der Waals surface area contributed by atoms with E-state index in [0.29, 0.717) is 5.92 Å². The summed E-state index contributed by atoms with van der Waals surface area (Å²) in [6.45, 7) is 2.19. The Bertz CT molecular complexity index is 563. The molecular formula is C14H17N3O. The molecule has 2 aromatic heterocycles. The molecule has 1 saturated heterocycles. The second-order valence-electron chi connectivity index (χ2n) is 5.25. The van der Waals surface area contributed by atoms with Crippen LogP contribution in [-0.2, 0) is 12.8 Å². The van der Waals surface area contributed by atoms with Gasteiger partial charge in [-0.3, -0.25) is 0 Å². The number of imidazole rings is 1. The highest BCUT2D eigenvalue weighted by Gasteiger charge is 2.25. The zero-order valence-corrected chi connectivity index (χ0v) is 10.3. The Morgan fingerprint density at radius 1 is 1.33 bits per heavy atom. The number of nitrogens with one attached hydrogen (secondary N) is 2. The average Bonchev–Trinajstić information content (AvgIpc) is 3.05. The lowest BCUT2D eigenvalue weighted by atomic mass is 9.99. The van der Waals surface area contributed by atoms with E-state index in [4.69, 9.17) is 9.40 Å². The number of piperidine rings is 1. The van der Waals surface area contributed by atoms with Crippen molar-refractivity contribution in [1.29, 1.82) is 0 Å². The fourth-order valence-electron chi connectivity index (χ4n) is 3.10. The number of aromatic amines is 1. The van der Waals surface area contributed by atoms with Crippen LogP contribution in [0.25, 0.3) is 11.3 Å². The molecule has 1 atom stereocenters. The predicted octanol–water partition coefficient (Wildman–Crippen LogP) is 2.24. The molecule has 3 heterocycles. The standard InChI is InChI=1S/C14H17N3O/c1-2-9(8-15-6-1)14-16-11-3-4-12-10(5-7-18-12)13(11)17-14/h5,7,9,15H,1-4,6,8H2,(H,16,17). The summed E-state index contributed by atoms with van der Waals surface area (Å²) in [5.41, 5.74) is 3.58. The zero-order valence-electron chi connectivity index (χ0n) is 10.3. The monoisotopic (exact) mass is 243 g/mol. The van der Waals surface area contributed by atoms with Gasteiger partial charge in [-0.25, -0.2) is 4.98 Å². The molecule has 2 N–H and O–H groups in total. The number of furan rings is 1. The van der Waals surface area contributed by atoms with Gasteiger partial charge in [0.1, 0.15) is 11.6 Å². The van der Waals surface area contributed by atoms with Crippen molar-refractivity contribution in [3.63, 3.8) is 0 Å². The van der Waals surface area contributed by atoms with Crippen LogP contribution in [0.3, 0.4) is 0 Å². The van der Waals surface area contributed by atoms with Crippen molar-refractivity contribution < 1.29 is 4.42 Å². The van der Waals surface area contributed by atoms with Crippen LogP contribution in [0, 0.1) is 0 Å². The van der Waals surface area contributed by atoms with E-state index in [2.05, 4.69) is 10.3 Å². The predicted molar refractivity (Wildman–Crippen MR) is 68.5 cm³/mol. The maximum Gasteiger partial charge on any atom is 0.113 e. The van der Waals surface area contributed by atoms with Gasteiger partial charge >= 0.3 is 0 Å². The maximum absolute atomic E-state index is 5.50. The third kappa shape index (κ3) is 1.52. The summed E-state index contributed by atoms with van der Waals surface area (Å²) in [7, 11) is 0. The van der Waals surface area contributed by atoms with Crippen molar-refractivity contribution in [2.24, 2.45) is 0 Å². The van der Waals surface area contributed by atoms with Crippen LogP contribution >= 0.6 is 0 Å². The first kappa shape index (κ1) is 10.4. The molecule has 4 heteroatoms. The first-order chi connectivity index (χ1) is 8.92. The van der Waals surface area contributed by atoms with Crippen LogP contribution in [0.1, 0.15) is 36.0 Å².